The van der Waals surface area contributed by atoms with E-state index in [1.54, 1.807) is 4.90 Å². The zero-order valence-corrected chi connectivity index (χ0v) is 13.5. The summed E-state index contributed by atoms with van der Waals surface area (Å²) in [6, 6.07) is -0.0731. The van der Waals surface area contributed by atoms with E-state index in [1.165, 1.54) is 0 Å². The lowest BCUT2D eigenvalue weighted by molar-refractivity contribution is -0.102. The number of ether oxygens (including phenoxy) is 1. The third-order valence-electron chi connectivity index (χ3n) is 4.14. The second kappa shape index (κ2) is 6.36. The lowest BCUT2D eigenvalue weighted by Gasteiger charge is -2.45. The van der Waals surface area contributed by atoms with Gasteiger partial charge in [-0.2, -0.15) is 0 Å². The summed E-state index contributed by atoms with van der Waals surface area (Å²) in [5.41, 5.74) is 0.651. The Morgan fingerprint density at radius 1 is 1.48 bits per heavy atom. The van der Waals surface area contributed by atoms with E-state index in [0.29, 0.717) is 50.6 Å². The standard InChI is InChI=1S/C14H25N3O3S/c1-12(2)3-6-16-13(18)17-7-8-20-14(11-17)4-9-21(15,19)10-5-14/h15H,1,3-11H2,2H3,(H,16,18). The second-order valence-corrected chi connectivity index (χ2v) is 8.55. The van der Waals surface area contributed by atoms with E-state index < -0.39 is 15.3 Å². The van der Waals surface area contributed by atoms with Crippen molar-refractivity contribution in [2.45, 2.75) is 31.8 Å². The number of hydrogen-bond acceptors (Lipinski definition) is 4. The largest absolute Gasteiger partial charge is 0.371 e. The molecule has 2 aliphatic heterocycles. The molecule has 0 aromatic rings. The van der Waals surface area contributed by atoms with Crippen LogP contribution in [-0.2, 0) is 14.5 Å². The van der Waals surface area contributed by atoms with Crippen molar-refractivity contribution in [2.75, 3.05) is 37.7 Å². The fourth-order valence-corrected chi connectivity index (χ4v) is 4.35. The summed E-state index contributed by atoms with van der Waals surface area (Å²) in [4.78, 5) is 13.9. The Balaban J connectivity index is 1.88. The molecule has 0 aliphatic carbocycles. The van der Waals surface area contributed by atoms with Crippen LogP contribution in [0.4, 0.5) is 4.79 Å². The van der Waals surface area contributed by atoms with Crippen LogP contribution in [0.25, 0.3) is 0 Å². The maximum Gasteiger partial charge on any atom is 0.317 e. The van der Waals surface area contributed by atoms with Gasteiger partial charge in [-0.25, -0.2) is 9.00 Å². The molecule has 0 saturated carbocycles. The van der Waals surface area contributed by atoms with Crippen LogP contribution >= 0.6 is 0 Å². The summed E-state index contributed by atoms with van der Waals surface area (Å²) in [7, 11) is -2.43. The van der Waals surface area contributed by atoms with Crippen molar-refractivity contribution in [1.29, 1.82) is 4.78 Å². The number of urea groups is 1. The van der Waals surface area contributed by atoms with Crippen molar-refractivity contribution in [3.63, 3.8) is 0 Å². The van der Waals surface area contributed by atoms with E-state index in [-0.39, 0.29) is 6.03 Å². The van der Waals surface area contributed by atoms with Crippen LogP contribution < -0.4 is 5.32 Å². The van der Waals surface area contributed by atoms with E-state index in [1.807, 2.05) is 6.92 Å². The number of carbonyl (C=O) groups is 1. The predicted octanol–water partition coefficient (Wildman–Crippen LogP) is 1.57. The molecule has 0 bridgehead atoms. The van der Waals surface area contributed by atoms with Gasteiger partial charge < -0.3 is 15.0 Å². The molecule has 2 aliphatic rings. The van der Waals surface area contributed by atoms with Gasteiger partial charge in [-0.3, -0.25) is 4.78 Å². The van der Waals surface area contributed by atoms with Gasteiger partial charge in [0.1, 0.15) is 0 Å². The minimum atomic E-state index is -2.43. The molecule has 120 valence electrons. The maximum atomic E-state index is 12.2. The zero-order valence-electron chi connectivity index (χ0n) is 12.7. The first-order valence-corrected chi connectivity index (χ1v) is 9.27. The van der Waals surface area contributed by atoms with Crippen LogP contribution in [0.2, 0.25) is 0 Å². The Labute approximate surface area is 126 Å². The topological polar surface area (TPSA) is 82.5 Å². The van der Waals surface area contributed by atoms with Crippen LogP contribution in [0.3, 0.4) is 0 Å². The van der Waals surface area contributed by atoms with E-state index in [0.717, 1.165) is 12.0 Å². The maximum absolute atomic E-state index is 12.2. The van der Waals surface area contributed by atoms with Crippen LogP contribution in [0, 0.1) is 4.78 Å². The van der Waals surface area contributed by atoms with Gasteiger partial charge in [0.15, 0.2) is 0 Å². The highest BCUT2D eigenvalue weighted by molar-refractivity contribution is 7.92. The Kier molecular flexibility index (Phi) is 4.93. The normalized spacial score (nSPS) is 32.9. The van der Waals surface area contributed by atoms with Crippen molar-refractivity contribution >= 4 is 15.8 Å². The summed E-state index contributed by atoms with van der Waals surface area (Å²) in [5, 5.41) is 2.90. The van der Waals surface area contributed by atoms with Gasteiger partial charge in [-0.15, -0.1) is 6.58 Å². The average molecular weight is 315 g/mol. The minimum absolute atomic E-state index is 0.0731. The van der Waals surface area contributed by atoms with Crippen molar-refractivity contribution < 1.29 is 13.7 Å². The molecule has 2 rings (SSSR count). The molecule has 0 radical (unpaired) electrons. The highest BCUT2D eigenvalue weighted by Gasteiger charge is 2.41. The van der Waals surface area contributed by atoms with Crippen LogP contribution in [-0.4, -0.2) is 58.5 Å². The van der Waals surface area contributed by atoms with Crippen molar-refractivity contribution in [3.05, 3.63) is 12.2 Å². The summed E-state index contributed by atoms with van der Waals surface area (Å²) < 4.78 is 25.3. The molecule has 2 amide bonds. The van der Waals surface area contributed by atoms with Crippen LogP contribution in [0.1, 0.15) is 26.2 Å². The number of hydrogen-bond donors (Lipinski definition) is 2. The lowest BCUT2D eigenvalue weighted by Crippen LogP contribution is -2.58. The van der Waals surface area contributed by atoms with Crippen molar-refractivity contribution in [3.8, 4) is 0 Å². The van der Waals surface area contributed by atoms with Gasteiger partial charge in [-0.05, 0) is 26.2 Å². The summed E-state index contributed by atoms with van der Waals surface area (Å²) in [6.45, 7) is 7.97. The van der Waals surface area contributed by atoms with Crippen molar-refractivity contribution in [1.82, 2.24) is 10.2 Å². The first-order chi connectivity index (χ1) is 9.82. The molecular weight excluding hydrogens is 290 g/mol. The molecule has 2 fully saturated rings. The van der Waals surface area contributed by atoms with Crippen LogP contribution in [0.15, 0.2) is 12.2 Å². The SMILES string of the molecule is C=C(C)CCNC(=O)N1CCOC2(CCS(=N)(=O)CC2)C1. The fourth-order valence-electron chi connectivity index (χ4n) is 2.74. The highest BCUT2D eigenvalue weighted by Crippen LogP contribution is 2.31. The molecule has 0 unspecified atom stereocenters. The lowest BCUT2D eigenvalue weighted by atomic mass is 9.94. The number of morpholine rings is 1. The molecule has 0 aromatic carbocycles. The quantitative estimate of drug-likeness (QED) is 0.776. The number of amides is 2. The number of nitrogens with one attached hydrogen (secondary N) is 2. The summed E-state index contributed by atoms with van der Waals surface area (Å²) >= 11 is 0. The van der Waals surface area contributed by atoms with Crippen molar-refractivity contribution in [2.24, 2.45) is 0 Å². The Morgan fingerprint density at radius 2 is 2.14 bits per heavy atom. The first-order valence-electron chi connectivity index (χ1n) is 7.37. The Hall–Kier alpha value is -1.08. The minimum Gasteiger partial charge on any atom is -0.371 e. The number of carbonyl (C=O) groups excluding carboxylic acids is 1. The molecule has 1 spiro atoms. The average Bonchev–Trinajstić information content (AvgIpc) is 2.42. The molecule has 2 saturated heterocycles. The third kappa shape index (κ3) is 4.44. The highest BCUT2D eigenvalue weighted by atomic mass is 32.2. The monoisotopic (exact) mass is 315 g/mol. The molecular formula is C14H25N3O3S. The van der Waals surface area contributed by atoms with Gasteiger partial charge in [-0.1, -0.05) is 5.57 Å². The Bertz CT molecular complexity index is 502. The van der Waals surface area contributed by atoms with E-state index >= 15 is 0 Å². The Morgan fingerprint density at radius 3 is 2.76 bits per heavy atom. The van der Waals surface area contributed by atoms with Gasteiger partial charge in [0.25, 0.3) is 0 Å². The van der Waals surface area contributed by atoms with Gasteiger partial charge in [0.2, 0.25) is 0 Å². The van der Waals surface area contributed by atoms with E-state index in [2.05, 4.69) is 11.9 Å². The summed E-state index contributed by atoms with van der Waals surface area (Å²) in [6.07, 6.45) is 1.98. The molecule has 2 N–H and O–H groups in total. The van der Waals surface area contributed by atoms with Gasteiger partial charge >= 0.3 is 6.03 Å². The van der Waals surface area contributed by atoms with E-state index in [4.69, 9.17) is 9.52 Å². The number of nitrogens with zero attached hydrogens (tertiary/aromatic N) is 1. The molecule has 7 heteroatoms. The molecule has 0 aromatic heterocycles. The first kappa shape index (κ1) is 16.3. The molecule has 0 atom stereocenters. The fraction of sp³-hybridized carbons (Fsp3) is 0.786. The predicted molar refractivity (Wildman–Crippen MR) is 82.9 cm³/mol. The third-order valence-corrected chi connectivity index (χ3v) is 5.87. The molecule has 6 nitrogen and oxygen atoms in total. The second-order valence-electron chi connectivity index (χ2n) is 6.11. The number of rotatable bonds is 3. The van der Waals surface area contributed by atoms with Gasteiger partial charge in [0.05, 0.1) is 18.8 Å². The molecule has 2 heterocycles. The molecule has 21 heavy (non-hydrogen) atoms. The van der Waals surface area contributed by atoms with Gasteiger partial charge in [0, 0.05) is 34.3 Å². The van der Waals surface area contributed by atoms with E-state index in [9.17, 15) is 9.00 Å². The van der Waals surface area contributed by atoms with Crippen LogP contribution in [0.5, 0.6) is 0 Å². The zero-order chi connectivity index (χ0) is 15.5. The summed E-state index contributed by atoms with van der Waals surface area (Å²) in [5.74, 6) is 0.746. The smallest absolute Gasteiger partial charge is 0.317 e.